The highest BCUT2D eigenvalue weighted by Crippen LogP contribution is 2.09. The minimum absolute atomic E-state index is 0.0216. The maximum atomic E-state index is 12.1. The predicted molar refractivity (Wildman–Crippen MR) is 77.9 cm³/mol. The van der Waals surface area contributed by atoms with E-state index in [0.29, 0.717) is 5.56 Å². The lowest BCUT2D eigenvalue weighted by molar-refractivity contribution is 0.0917. The topological polar surface area (TPSA) is 52.6 Å². The fourth-order valence-corrected chi connectivity index (χ4v) is 2.33. The molecule has 0 bridgehead atoms. The SMILES string of the molecule is CB(O)c1ccc(C(=O)NC2CCN(C)CC2)cc1. The van der Waals surface area contributed by atoms with Crippen LogP contribution in [0.2, 0.25) is 6.82 Å². The number of amides is 1. The van der Waals surface area contributed by atoms with E-state index >= 15 is 0 Å². The Kier molecular flexibility index (Phi) is 4.61. The minimum atomic E-state index is -0.494. The molecular formula is C14H21BN2O2. The van der Waals surface area contributed by atoms with Crippen LogP contribution in [-0.2, 0) is 0 Å². The molecule has 0 radical (unpaired) electrons. The van der Waals surface area contributed by atoms with E-state index in [0.717, 1.165) is 31.4 Å². The lowest BCUT2D eigenvalue weighted by atomic mass is 9.64. The summed E-state index contributed by atoms with van der Waals surface area (Å²) in [7, 11) is 2.10. The van der Waals surface area contributed by atoms with E-state index in [-0.39, 0.29) is 11.9 Å². The van der Waals surface area contributed by atoms with Gasteiger partial charge in [0.05, 0.1) is 0 Å². The van der Waals surface area contributed by atoms with Crippen LogP contribution in [0, 0.1) is 0 Å². The normalized spacial score (nSPS) is 17.2. The molecule has 1 aliphatic heterocycles. The molecule has 1 heterocycles. The van der Waals surface area contributed by atoms with Crippen molar-refractivity contribution in [2.24, 2.45) is 0 Å². The van der Waals surface area contributed by atoms with E-state index < -0.39 is 6.92 Å². The number of piperidine rings is 1. The Morgan fingerprint density at radius 3 is 2.42 bits per heavy atom. The zero-order chi connectivity index (χ0) is 13.8. The summed E-state index contributed by atoms with van der Waals surface area (Å²) in [4.78, 5) is 14.4. The van der Waals surface area contributed by atoms with Crippen molar-refractivity contribution < 1.29 is 9.82 Å². The summed E-state index contributed by atoms with van der Waals surface area (Å²) in [6, 6.07) is 7.42. The van der Waals surface area contributed by atoms with Crippen LogP contribution in [-0.4, -0.2) is 48.9 Å². The van der Waals surface area contributed by atoms with Gasteiger partial charge in [0.1, 0.15) is 0 Å². The number of benzene rings is 1. The molecule has 2 N–H and O–H groups in total. The quantitative estimate of drug-likeness (QED) is 0.770. The zero-order valence-corrected chi connectivity index (χ0v) is 11.6. The van der Waals surface area contributed by atoms with Crippen molar-refractivity contribution in [3.63, 3.8) is 0 Å². The first-order valence-corrected chi connectivity index (χ1v) is 6.83. The van der Waals surface area contributed by atoms with Crippen molar-refractivity contribution in [1.82, 2.24) is 10.2 Å². The van der Waals surface area contributed by atoms with Crippen molar-refractivity contribution in [3.8, 4) is 0 Å². The first-order chi connectivity index (χ1) is 9.06. The Hall–Kier alpha value is -1.33. The number of carbonyl (C=O) groups is 1. The Morgan fingerprint density at radius 1 is 1.32 bits per heavy atom. The molecule has 4 nitrogen and oxygen atoms in total. The Bertz CT molecular complexity index is 426. The van der Waals surface area contributed by atoms with Crippen LogP contribution >= 0.6 is 0 Å². The standard InChI is InChI=1S/C14H21BN2O2/c1-15(19)12-5-3-11(4-6-12)14(18)16-13-7-9-17(2)10-8-13/h3-6,13,19H,7-10H2,1-2H3,(H,16,18). The first kappa shape index (κ1) is 14.1. The summed E-state index contributed by atoms with van der Waals surface area (Å²) in [6.45, 7) is 3.29. The van der Waals surface area contributed by atoms with Crippen LogP contribution in [0.5, 0.6) is 0 Å². The molecule has 19 heavy (non-hydrogen) atoms. The summed E-state index contributed by atoms with van der Waals surface area (Å²) in [6.07, 6.45) is 2.02. The smallest absolute Gasteiger partial charge is 0.320 e. The van der Waals surface area contributed by atoms with Gasteiger partial charge in [0, 0.05) is 11.6 Å². The largest absolute Gasteiger partial charge is 0.447 e. The number of nitrogens with one attached hydrogen (secondary N) is 1. The Labute approximate surface area is 114 Å². The Balaban J connectivity index is 1.92. The van der Waals surface area contributed by atoms with Crippen molar-refractivity contribution in [3.05, 3.63) is 29.8 Å². The van der Waals surface area contributed by atoms with Gasteiger partial charge < -0.3 is 15.2 Å². The van der Waals surface area contributed by atoms with Gasteiger partial charge in [-0.15, -0.1) is 0 Å². The molecule has 0 spiro atoms. The number of hydrogen-bond acceptors (Lipinski definition) is 3. The van der Waals surface area contributed by atoms with Crippen molar-refractivity contribution in [1.29, 1.82) is 0 Å². The number of nitrogens with zero attached hydrogens (tertiary/aromatic N) is 1. The van der Waals surface area contributed by atoms with Gasteiger partial charge in [0.15, 0.2) is 0 Å². The minimum Gasteiger partial charge on any atom is -0.447 e. The molecule has 0 aliphatic carbocycles. The van der Waals surface area contributed by atoms with Crippen LogP contribution in [0.1, 0.15) is 23.2 Å². The molecule has 1 aliphatic rings. The van der Waals surface area contributed by atoms with E-state index in [9.17, 15) is 9.82 Å². The summed E-state index contributed by atoms with van der Waals surface area (Å²) in [5, 5.41) is 12.5. The summed E-state index contributed by atoms with van der Waals surface area (Å²) >= 11 is 0. The average Bonchev–Trinajstić information content (AvgIpc) is 2.41. The predicted octanol–water partition coefficient (Wildman–Crippen LogP) is 0.331. The fraction of sp³-hybridized carbons (Fsp3) is 0.500. The molecule has 0 aromatic heterocycles. The number of likely N-dealkylation sites (tertiary alicyclic amines) is 1. The van der Waals surface area contributed by atoms with Gasteiger partial charge in [-0.2, -0.15) is 0 Å². The average molecular weight is 260 g/mol. The van der Waals surface area contributed by atoms with Gasteiger partial charge in [-0.3, -0.25) is 4.79 Å². The van der Waals surface area contributed by atoms with Gasteiger partial charge in [-0.05, 0) is 50.6 Å². The maximum Gasteiger partial charge on any atom is 0.320 e. The first-order valence-electron chi connectivity index (χ1n) is 6.83. The highest BCUT2D eigenvalue weighted by molar-refractivity contribution is 6.64. The second-order valence-electron chi connectivity index (χ2n) is 5.35. The van der Waals surface area contributed by atoms with Crippen molar-refractivity contribution in [2.45, 2.75) is 25.7 Å². The van der Waals surface area contributed by atoms with Crippen LogP contribution in [0.25, 0.3) is 0 Å². The second kappa shape index (κ2) is 6.22. The molecule has 5 heteroatoms. The Morgan fingerprint density at radius 2 is 1.89 bits per heavy atom. The van der Waals surface area contributed by atoms with Crippen LogP contribution in [0.4, 0.5) is 0 Å². The molecule has 0 saturated carbocycles. The third-order valence-electron chi connectivity index (χ3n) is 3.71. The zero-order valence-electron chi connectivity index (χ0n) is 11.6. The van der Waals surface area contributed by atoms with E-state index in [4.69, 9.17) is 0 Å². The van der Waals surface area contributed by atoms with Gasteiger partial charge in [0.25, 0.3) is 5.91 Å². The van der Waals surface area contributed by atoms with Crippen molar-refractivity contribution >= 4 is 18.3 Å². The third-order valence-corrected chi connectivity index (χ3v) is 3.71. The van der Waals surface area contributed by atoms with E-state index in [1.807, 2.05) is 0 Å². The molecular weight excluding hydrogens is 239 g/mol. The van der Waals surface area contributed by atoms with Crippen LogP contribution in [0.3, 0.4) is 0 Å². The summed E-state index contributed by atoms with van der Waals surface area (Å²) < 4.78 is 0. The molecule has 1 fully saturated rings. The molecule has 0 unspecified atom stereocenters. The van der Waals surface area contributed by atoms with E-state index in [2.05, 4.69) is 17.3 Å². The molecule has 2 rings (SSSR count). The molecule has 102 valence electrons. The summed E-state index contributed by atoms with van der Waals surface area (Å²) in [5.74, 6) is -0.0216. The second-order valence-corrected chi connectivity index (χ2v) is 5.35. The molecule has 1 saturated heterocycles. The van der Waals surface area contributed by atoms with Gasteiger partial charge in [-0.1, -0.05) is 19.0 Å². The van der Waals surface area contributed by atoms with Crippen LogP contribution in [0.15, 0.2) is 24.3 Å². The van der Waals surface area contributed by atoms with Crippen LogP contribution < -0.4 is 10.8 Å². The lowest BCUT2D eigenvalue weighted by Crippen LogP contribution is -2.43. The molecule has 0 atom stereocenters. The van der Waals surface area contributed by atoms with Gasteiger partial charge in [-0.25, -0.2) is 0 Å². The van der Waals surface area contributed by atoms with E-state index in [1.54, 1.807) is 31.1 Å². The highest BCUT2D eigenvalue weighted by atomic mass is 16.2. The molecule has 1 aromatic rings. The number of hydrogen-bond donors (Lipinski definition) is 2. The molecule has 1 aromatic carbocycles. The van der Waals surface area contributed by atoms with E-state index in [1.165, 1.54) is 0 Å². The van der Waals surface area contributed by atoms with Crippen molar-refractivity contribution in [2.75, 3.05) is 20.1 Å². The maximum absolute atomic E-state index is 12.1. The van der Waals surface area contributed by atoms with Gasteiger partial charge >= 0.3 is 6.92 Å². The monoisotopic (exact) mass is 260 g/mol. The molecule has 1 amide bonds. The highest BCUT2D eigenvalue weighted by Gasteiger charge is 2.19. The third kappa shape index (κ3) is 3.82. The number of rotatable bonds is 3. The summed E-state index contributed by atoms with van der Waals surface area (Å²) in [5.41, 5.74) is 1.49. The lowest BCUT2D eigenvalue weighted by Gasteiger charge is -2.29. The number of carbonyl (C=O) groups excluding carboxylic acids is 1. The fourth-order valence-electron chi connectivity index (χ4n) is 2.33. The van der Waals surface area contributed by atoms with Gasteiger partial charge in [0.2, 0.25) is 0 Å².